The Bertz CT molecular complexity index is 1150. The largest absolute Gasteiger partial charge is 0.497 e. The van der Waals surface area contributed by atoms with E-state index in [4.69, 9.17) is 9.47 Å². The Kier molecular flexibility index (Phi) is 10.1. The van der Waals surface area contributed by atoms with Gasteiger partial charge in [0, 0.05) is 24.5 Å². The molecule has 2 aromatic carbocycles. The van der Waals surface area contributed by atoms with Crippen LogP contribution >= 0.6 is 0 Å². The molecule has 1 aromatic heterocycles. The molecule has 4 rings (SSSR count). The Morgan fingerprint density at radius 3 is 2.16 bits per heavy atom. The number of nitrogens with zero attached hydrogens (tertiary/aromatic N) is 1. The summed E-state index contributed by atoms with van der Waals surface area (Å²) >= 11 is 0. The van der Waals surface area contributed by atoms with E-state index in [0.717, 1.165) is 47.5 Å². The molecule has 5 heteroatoms. The molecule has 1 amide bonds. The highest BCUT2D eigenvalue weighted by atomic mass is 16.5. The average molecular weight is 511 g/mol. The van der Waals surface area contributed by atoms with Gasteiger partial charge in [0.05, 0.1) is 14.2 Å². The zero-order valence-electron chi connectivity index (χ0n) is 22.4. The van der Waals surface area contributed by atoms with E-state index in [1.54, 1.807) is 26.5 Å². The molecule has 0 spiro atoms. The molecule has 1 fully saturated rings. The fourth-order valence-corrected chi connectivity index (χ4v) is 5.22. The Morgan fingerprint density at radius 1 is 0.974 bits per heavy atom. The number of pyridine rings is 1. The molecule has 3 aromatic rings. The minimum absolute atomic E-state index is 0.0386. The Labute approximate surface area is 226 Å². The summed E-state index contributed by atoms with van der Waals surface area (Å²) in [5.41, 5.74) is 4.35. The second-order valence-electron chi connectivity index (χ2n) is 9.81. The van der Waals surface area contributed by atoms with E-state index >= 15 is 0 Å². The molecule has 1 N–H and O–H groups in total. The predicted octanol–water partition coefficient (Wildman–Crippen LogP) is 6.78. The molecule has 1 saturated carbocycles. The van der Waals surface area contributed by atoms with Gasteiger partial charge >= 0.3 is 0 Å². The van der Waals surface area contributed by atoms with Crippen molar-refractivity contribution in [1.29, 1.82) is 0 Å². The summed E-state index contributed by atoms with van der Waals surface area (Å²) in [6, 6.07) is 20.2. The molecule has 0 unspecified atom stereocenters. The Balaban J connectivity index is 1.45. The number of benzene rings is 2. The topological polar surface area (TPSA) is 60.5 Å². The van der Waals surface area contributed by atoms with Gasteiger partial charge in [0.1, 0.15) is 11.5 Å². The molecule has 38 heavy (non-hydrogen) atoms. The number of hydrogen-bond acceptors (Lipinski definition) is 4. The lowest BCUT2D eigenvalue weighted by Gasteiger charge is -2.24. The van der Waals surface area contributed by atoms with E-state index < -0.39 is 0 Å². The number of carbonyl (C=O) groups excluding carboxylic acids is 1. The molecule has 1 aliphatic rings. The third kappa shape index (κ3) is 7.82. The van der Waals surface area contributed by atoms with Crippen LogP contribution in [0.15, 0.2) is 91.3 Å². The minimum Gasteiger partial charge on any atom is -0.497 e. The van der Waals surface area contributed by atoms with Gasteiger partial charge in [0.2, 0.25) is 5.91 Å². The van der Waals surface area contributed by atoms with E-state index in [-0.39, 0.29) is 11.9 Å². The van der Waals surface area contributed by atoms with Crippen LogP contribution < -0.4 is 14.8 Å². The van der Waals surface area contributed by atoms with Gasteiger partial charge in [-0.15, -0.1) is 0 Å². The third-order valence-electron chi connectivity index (χ3n) is 7.31. The monoisotopic (exact) mass is 510 g/mol. The van der Waals surface area contributed by atoms with Crippen molar-refractivity contribution in [2.45, 2.75) is 51.0 Å². The molecule has 0 radical (unpaired) electrons. The molecule has 1 heterocycles. The smallest absolute Gasteiger partial charge is 0.244 e. The van der Waals surface area contributed by atoms with Crippen LogP contribution in [0.4, 0.5) is 0 Å². The van der Waals surface area contributed by atoms with Crippen molar-refractivity contribution in [3.05, 3.63) is 108 Å². The van der Waals surface area contributed by atoms with Crippen LogP contribution in [0, 0.1) is 5.92 Å². The fraction of sp³-hybridized carbons (Fsp3) is 0.333. The van der Waals surface area contributed by atoms with Gasteiger partial charge in [-0.2, -0.15) is 0 Å². The maximum atomic E-state index is 13.0. The number of methoxy groups -OCH3 is 2. The lowest BCUT2D eigenvalue weighted by molar-refractivity contribution is -0.117. The highest BCUT2D eigenvalue weighted by molar-refractivity contribution is 5.89. The van der Waals surface area contributed by atoms with Gasteiger partial charge in [0.25, 0.3) is 0 Å². The zero-order chi connectivity index (χ0) is 26.6. The van der Waals surface area contributed by atoms with E-state index in [1.807, 2.05) is 72.9 Å². The number of aromatic nitrogens is 1. The van der Waals surface area contributed by atoms with Crippen LogP contribution in [-0.4, -0.2) is 31.2 Å². The predicted molar refractivity (Wildman–Crippen MR) is 153 cm³/mol. The van der Waals surface area contributed by atoms with Crippen LogP contribution in [0.3, 0.4) is 0 Å². The normalized spacial score (nSPS) is 14.3. The molecule has 1 aliphatic carbocycles. The fourth-order valence-electron chi connectivity index (χ4n) is 5.22. The number of rotatable bonds is 12. The first kappa shape index (κ1) is 27.2. The van der Waals surface area contributed by atoms with Crippen molar-refractivity contribution in [2.24, 2.45) is 5.92 Å². The third-order valence-corrected chi connectivity index (χ3v) is 7.31. The average Bonchev–Trinajstić information content (AvgIpc) is 3.51. The van der Waals surface area contributed by atoms with Gasteiger partial charge in [-0.3, -0.25) is 9.78 Å². The Hall–Kier alpha value is -3.86. The quantitative estimate of drug-likeness (QED) is 0.215. The van der Waals surface area contributed by atoms with Crippen LogP contribution in [0.5, 0.6) is 11.5 Å². The summed E-state index contributed by atoms with van der Waals surface area (Å²) in [6.07, 6.45) is 17.1. The summed E-state index contributed by atoms with van der Waals surface area (Å²) in [5.74, 6) is 2.13. The summed E-state index contributed by atoms with van der Waals surface area (Å²) < 4.78 is 10.6. The van der Waals surface area contributed by atoms with Crippen LogP contribution in [0.1, 0.15) is 55.2 Å². The molecule has 5 nitrogen and oxygen atoms in total. The second kappa shape index (κ2) is 14.2. The van der Waals surface area contributed by atoms with Gasteiger partial charge < -0.3 is 14.8 Å². The number of nitrogens with one attached hydrogen (secondary N) is 1. The van der Waals surface area contributed by atoms with E-state index in [9.17, 15) is 4.79 Å². The van der Waals surface area contributed by atoms with E-state index in [0.29, 0.717) is 5.92 Å². The first-order valence-electron chi connectivity index (χ1n) is 13.5. The maximum Gasteiger partial charge on any atom is 0.244 e. The number of amides is 1. The summed E-state index contributed by atoms with van der Waals surface area (Å²) in [6.45, 7) is 0. The lowest BCUT2D eigenvalue weighted by Crippen LogP contribution is -2.38. The van der Waals surface area contributed by atoms with Crippen molar-refractivity contribution in [3.63, 3.8) is 0 Å². The number of carbonyl (C=O) groups is 1. The van der Waals surface area contributed by atoms with Gasteiger partial charge in [-0.05, 0) is 90.6 Å². The minimum atomic E-state index is -0.0386. The number of ether oxygens (including phenoxy) is 2. The van der Waals surface area contributed by atoms with Crippen molar-refractivity contribution in [2.75, 3.05) is 14.2 Å². The second-order valence-corrected chi connectivity index (χ2v) is 9.81. The summed E-state index contributed by atoms with van der Waals surface area (Å²) in [4.78, 5) is 17.2. The highest BCUT2D eigenvalue weighted by Crippen LogP contribution is 2.30. The molecular formula is C33H38N2O3. The number of aryl methyl sites for hydroxylation is 1. The number of allylic oxidation sites excluding steroid dienone is 2. The first-order chi connectivity index (χ1) is 18.7. The van der Waals surface area contributed by atoms with E-state index in [1.165, 1.54) is 31.2 Å². The molecule has 1 atom stereocenters. The van der Waals surface area contributed by atoms with Crippen molar-refractivity contribution < 1.29 is 14.3 Å². The summed E-state index contributed by atoms with van der Waals surface area (Å²) in [5, 5.41) is 3.32. The zero-order valence-corrected chi connectivity index (χ0v) is 22.4. The summed E-state index contributed by atoms with van der Waals surface area (Å²) in [7, 11) is 3.32. The molecule has 0 bridgehead atoms. The van der Waals surface area contributed by atoms with Crippen molar-refractivity contribution >= 4 is 11.5 Å². The SMILES string of the molecule is COc1ccc(C(=C/C=C/C(=O)N[C@@H](CCCc2cccnc2)C2CCCC2)c2ccc(OC)cc2)cc1. The lowest BCUT2D eigenvalue weighted by atomic mass is 9.92. The molecule has 0 aliphatic heterocycles. The highest BCUT2D eigenvalue weighted by Gasteiger charge is 2.25. The van der Waals surface area contributed by atoms with Crippen molar-refractivity contribution in [1.82, 2.24) is 10.3 Å². The van der Waals surface area contributed by atoms with Crippen molar-refractivity contribution in [3.8, 4) is 11.5 Å². The standard InChI is InChI=1S/C33H38N2O3/c1-37-29-19-15-26(16-20-29)31(27-17-21-30(38-2)22-18-27)12-6-14-33(36)35-32(28-10-3-4-11-28)13-5-8-25-9-7-23-34-24-25/h6-7,9,12,14-24,28,32H,3-5,8,10-11,13H2,1-2H3,(H,35,36)/b14-6+/t32-/m0/s1. The number of hydrogen-bond donors (Lipinski definition) is 1. The van der Waals surface area contributed by atoms with E-state index in [2.05, 4.69) is 16.4 Å². The maximum absolute atomic E-state index is 13.0. The van der Waals surface area contributed by atoms with Crippen LogP contribution in [-0.2, 0) is 11.2 Å². The van der Waals surface area contributed by atoms with Crippen LogP contribution in [0.2, 0.25) is 0 Å². The van der Waals surface area contributed by atoms with Gasteiger partial charge in [0.15, 0.2) is 0 Å². The van der Waals surface area contributed by atoms with Gasteiger partial charge in [-0.1, -0.05) is 55.3 Å². The molecule has 0 saturated heterocycles. The Morgan fingerprint density at radius 2 is 1.61 bits per heavy atom. The molecule has 198 valence electrons. The van der Waals surface area contributed by atoms with Crippen LogP contribution in [0.25, 0.3) is 5.57 Å². The van der Waals surface area contributed by atoms with Gasteiger partial charge in [-0.25, -0.2) is 0 Å². The first-order valence-corrected chi connectivity index (χ1v) is 13.5. The molecular weight excluding hydrogens is 472 g/mol.